The van der Waals surface area contributed by atoms with Gasteiger partial charge in [-0.2, -0.15) is 0 Å². The summed E-state index contributed by atoms with van der Waals surface area (Å²) in [5, 5.41) is 5.55. The number of hydrogen-bond donors (Lipinski definition) is 2. The number of pyridine rings is 1. The highest BCUT2D eigenvalue weighted by Crippen LogP contribution is 2.26. The molecule has 0 aliphatic carbocycles. The van der Waals surface area contributed by atoms with E-state index in [9.17, 15) is 18.0 Å². The number of anilines is 2. The number of sulfonamides is 1. The molecule has 9 heteroatoms. The van der Waals surface area contributed by atoms with Crippen molar-refractivity contribution in [2.75, 3.05) is 16.2 Å². The normalized spacial score (nSPS) is 11.1. The van der Waals surface area contributed by atoms with Crippen LogP contribution in [-0.2, 0) is 21.4 Å². The van der Waals surface area contributed by atoms with Crippen molar-refractivity contribution in [3.8, 4) is 0 Å². The summed E-state index contributed by atoms with van der Waals surface area (Å²) in [6.07, 6.45) is 3.31. The lowest BCUT2D eigenvalue weighted by atomic mass is 10.1. The number of carbonyl (C=O) groups is 2. The van der Waals surface area contributed by atoms with Crippen LogP contribution in [0, 0.1) is 20.8 Å². The van der Waals surface area contributed by atoms with Gasteiger partial charge < -0.3 is 10.6 Å². The molecule has 3 aromatic carbocycles. The Morgan fingerprint density at radius 3 is 2.31 bits per heavy atom. The molecule has 0 aliphatic rings. The lowest BCUT2D eigenvalue weighted by Gasteiger charge is -2.25. The molecule has 0 unspecified atom stereocenters. The summed E-state index contributed by atoms with van der Waals surface area (Å²) in [4.78, 5) is 30.3. The van der Waals surface area contributed by atoms with E-state index in [1.807, 2.05) is 32.9 Å². The van der Waals surface area contributed by atoms with Crippen molar-refractivity contribution < 1.29 is 18.0 Å². The molecule has 0 atom stereocenters. The summed E-state index contributed by atoms with van der Waals surface area (Å²) in [6.45, 7) is 5.47. The van der Waals surface area contributed by atoms with Crippen LogP contribution >= 0.6 is 0 Å². The van der Waals surface area contributed by atoms with Crippen molar-refractivity contribution in [1.29, 1.82) is 0 Å². The number of benzene rings is 3. The van der Waals surface area contributed by atoms with Crippen LogP contribution in [0.1, 0.15) is 32.6 Å². The minimum absolute atomic E-state index is 0.0781. The lowest BCUT2D eigenvalue weighted by Crippen LogP contribution is -2.38. The summed E-state index contributed by atoms with van der Waals surface area (Å²) in [7, 11) is -4.07. The van der Waals surface area contributed by atoms with E-state index in [0.29, 0.717) is 5.69 Å². The Kier molecular flexibility index (Phi) is 8.41. The molecule has 2 amide bonds. The van der Waals surface area contributed by atoms with Gasteiger partial charge in [0.1, 0.15) is 6.54 Å². The van der Waals surface area contributed by atoms with E-state index in [4.69, 9.17) is 0 Å². The third kappa shape index (κ3) is 6.69. The van der Waals surface area contributed by atoms with Gasteiger partial charge in [0.25, 0.3) is 15.9 Å². The number of hydrogen-bond acceptors (Lipinski definition) is 5. The standard InChI is InChI=1S/C30H30N4O4S/c1-21-10-14-26(15-11-21)39(37,38)34(25-13-12-22(2)23(3)17-25)20-29(35)33-28-9-5-4-8-27(28)30(36)32-19-24-7-6-16-31-18-24/h4-18H,19-20H2,1-3H3,(H,32,36)(H,33,35). The maximum atomic E-state index is 13.7. The summed E-state index contributed by atoms with van der Waals surface area (Å²) in [5.41, 5.74) is 4.56. The molecule has 0 saturated heterocycles. The zero-order valence-electron chi connectivity index (χ0n) is 22.0. The predicted octanol–water partition coefficient (Wildman–Crippen LogP) is 4.77. The van der Waals surface area contributed by atoms with Gasteiger partial charge in [-0.3, -0.25) is 18.9 Å². The maximum Gasteiger partial charge on any atom is 0.264 e. The van der Waals surface area contributed by atoms with Gasteiger partial charge in [-0.15, -0.1) is 0 Å². The molecule has 0 spiro atoms. The van der Waals surface area contributed by atoms with Gasteiger partial charge in [-0.05, 0) is 79.9 Å². The van der Waals surface area contributed by atoms with Gasteiger partial charge in [0.15, 0.2) is 0 Å². The van der Waals surface area contributed by atoms with Crippen LogP contribution in [0.2, 0.25) is 0 Å². The first-order valence-electron chi connectivity index (χ1n) is 12.4. The third-order valence-corrected chi connectivity index (χ3v) is 8.08. The molecule has 0 saturated carbocycles. The van der Waals surface area contributed by atoms with E-state index in [-0.39, 0.29) is 28.6 Å². The highest BCUT2D eigenvalue weighted by Gasteiger charge is 2.28. The van der Waals surface area contributed by atoms with E-state index in [1.54, 1.807) is 67.0 Å². The Morgan fingerprint density at radius 1 is 0.872 bits per heavy atom. The van der Waals surface area contributed by atoms with Gasteiger partial charge in [-0.25, -0.2) is 8.42 Å². The Labute approximate surface area is 228 Å². The summed E-state index contributed by atoms with van der Waals surface area (Å²) in [5.74, 6) is -0.968. The molecule has 8 nitrogen and oxygen atoms in total. The van der Waals surface area contributed by atoms with Crippen LogP contribution in [-0.4, -0.2) is 31.8 Å². The molecule has 4 rings (SSSR count). The second-order valence-corrected chi connectivity index (χ2v) is 11.1. The molecule has 39 heavy (non-hydrogen) atoms. The smallest absolute Gasteiger partial charge is 0.264 e. The van der Waals surface area contributed by atoms with Crippen molar-refractivity contribution in [1.82, 2.24) is 10.3 Å². The van der Waals surface area contributed by atoms with Gasteiger partial charge in [-0.1, -0.05) is 42.0 Å². The average Bonchev–Trinajstić information content (AvgIpc) is 2.93. The largest absolute Gasteiger partial charge is 0.348 e. The number of para-hydroxylation sites is 1. The van der Waals surface area contributed by atoms with E-state index >= 15 is 0 Å². The van der Waals surface area contributed by atoms with E-state index in [2.05, 4.69) is 15.6 Å². The number of aromatic nitrogens is 1. The van der Waals surface area contributed by atoms with Crippen molar-refractivity contribution in [3.63, 3.8) is 0 Å². The maximum absolute atomic E-state index is 13.7. The number of carbonyl (C=O) groups excluding carboxylic acids is 2. The Bertz CT molecular complexity index is 1590. The topological polar surface area (TPSA) is 108 Å². The second kappa shape index (κ2) is 11.9. The Morgan fingerprint density at radius 2 is 1.62 bits per heavy atom. The van der Waals surface area contributed by atoms with Crippen LogP contribution in [0.5, 0.6) is 0 Å². The molecule has 0 aliphatic heterocycles. The minimum atomic E-state index is -4.07. The van der Waals surface area contributed by atoms with Crippen LogP contribution in [0.25, 0.3) is 0 Å². The molecule has 4 aromatic rings. The number of rotatable bonds is 9. The predicted molar refractivity (Wildman–Crippen MR) is 152 cm³/mol. The van der Waals surface area contributed by atoms with Crippen molar-refractivity contribution >= 4 is 33.2 Å². The van der Waals surface area contributed by atoms with E-state index in [0.717, 1.165) is 26.6 Å². The van der Waals surface area contributed by atoms with Gasteiger partial charge in [0.05, 0.1) is 21.8 Å². The van der Waals surface area contributed by atoms with Crippen molar-refractivity contribution in [2.45, 2.75) is 32.2 Å². The first-order valence-corrected chi connectivity index (χ1v) is 13.8. The fourth-order valence-corrected chi connectivity index (χ4v) is 5.34. The number of nitrogens with one attached hydrogen (secondary N) is 2. The minimum Gasteiger partial charge on any atom is -0.348 e. The fourth-order valence-electron chi connectivity index (χ4n) is 3.92. The van der Waals surface area contributed by atoms with E-state index in [1.165, 1.54) is 12.1 Å². The Balaban J connectivity index is 1.58. The van der Waals surface area contributed by atoms with Crippen molar-refractivity contribution in [3.05, 3.63) is 119 Å². The molecule has 1 aromatic heterocycles. The molecular weight excluding hydrogens is 512 g/mol. The molecular formula is C30H30N4O4S. The number of aryl methyl sites for hydroxylation is 3. The molecule has 200 valence electrons. The van der Waals surface area contributed by atoms with Crippen molar-refractivity contribution in [2.24, 2.45) is 0 Å². The zero-order chi connectivity index (χ0) is 28.0. The fraction of sp³-hybridized carbons (Fsp3) is 0.167. The highest BCUT2D eigenvalue weighted by molar-refractivity contribution is 7.92. The third-order valence-electron chi connectivity index (χ3n) is 6.30. The van der Waals surface area contributed by atoms with Crippen LogP contribution in [0.4, 0.5) is 11.4 Å². The second-order valence-electron chi connectivity index (χ2n) is 9.23. The molecule has 1 heterocycles. The first kappa shape index (κ1) is 27.5. The molecule has 0 bridgehead atoms. The van der Waals surface area contributed by atoms with Gasteiger partial charge in [0.2, 0.25) is 5.91 Å². The summed E-state index contributed by atoms with van der Waals surface area (Å²) < 4.78 is 28.5. The van der Waals surface area contributed by atoms with Crippen LogP contribution in [0.15, 0.2) is 96.2 Å². The van der Waals surface area contributed by atoms with Gasteiger partial charge in [0, 0.05) is 18.9 Å². The number of nitrogens with zero attached hydrogens (tertiary/aromatic N) is 2. The zero-order valence-corrected chi connectivity index (χ0v) is 22.8. The highest BCUT2D eigenvalue weighted by atomic mass is 32.2. The van der Waals surface area contributed by atoms with Crippen LogP contribution in [0.3, 0.4) is 0 Å². The SMILES string of the molecule is Cc1ccc(S(=O)(=O)N(CC(=O)Nc2ccccc2C(=O)NCc2cccnc2)c2ccc(C)c(C)c2)cc1. The van der Waals surface area contributed by atoms with Crippen LogP contribution < -0.4 is 14.9 Å². The molecule has 2 N–H and O–H groups in total. The molecule has 0 fully saturated rings. The summed E-state index contributed by atoms with van der Waals surface area (Å²) in [6, 6.07) is 21.9. The quantitative estimate of drug-likeness (QED) is 0.317. The lowest BCUT2D eigenvalue weighted by molar-refractivity contribution is -0.114. The number of amides is 2. The average molecular weight is 543 g/mol. The monoisotopic (exact) mass is 542 g/mol. The van der Waals surface area contributed by atoms with E-state index < -0.39 is 22.5 Å². The first-order chi connectivity index (χ1) is 18.6. The van der Waals surface area contributed by atoms with Gasteiger partial charge >= 0.3 is 0 Å². The summed E-state index contributed by atoms with van der Waals surface area (Å²) >= 11 is 0. The molecule has 0 radical (unpaired) electrons. The Hall–Kier alpha value is -4.50.